The summed E-state index contributed by atoms with van der Waals surface area (Å²) < 4.78 is 52.3. The van der Waals surface area contributed by atoms with E-state index in [1.54, 1.807) is 24.1 Å². The normalized spacial score (nSPS) is 19.8. The number of rotatable bonds is 7. The molecule has 4 N–H and O–H groups in total. The molecule has 1 aliphatic heterocycles. The topological polar surface area (TPSA) is 139 Å². The van der Waals surface area contributed by atoms with Crippen LogP contribution in [0.15, 0.2) is 54.6 Å². The van der Waals surface area contributed by atoms with Crippen molar-refractivity contribution in [3.63, 3.8) is 0 Å². The molecule has 3 atom stereocenters. The van der Waals surface area contributed by atoms with Crippen molar-refractivity contribution in [2.24, 2.45) is 0 Å². The quantitative estimate of drug-likeness (QED) is 0.218. The van der Waals surface area contributed by atoms with Gasteiger partial charge >= 0.3 is 5.97 Å². The predicted molar refractivity (Wildman–Crippen MR) is 164 cm³/mol. The van der Waals surface area contributed by atoms with E-state index < -0.39 is 53.9 Å². The highest BCUT2D eigenvalue weighted by molar-refractivity contribution is 6.03. The van der Waals surface area contributed by atoms with E-state index in [2.05, 4.69) is 17.1 Å². The molecular weight excluding hydrogens is 624 g/mol. The number of aromatic hydroxyl groups is 1. The fraction of sp³-hybridized carbons (Fsp3) is 0.333. The highest BCUT2D eigenvalue weighted by Gasteiger charge is 2.52. The lowest BCUT2D eigenvalue weighted by Crippen LogP contribution is -2.67. The first-order chi connectivity index (χ1) is 22.1. The maximum atomic E-state index is 13.8. The summed E-state index contributed by atoms with van der Waals surface area (Å²) in [6, 6.07) is 10.7. The van der Waals surface area contributed by atoms with Gasteiger partial charge in [0.25, 0.3) is 0 Å². The smallest absolute Gasteiger partial charge is 0.312 e. The molecule has 3 aromatic rings. The summed E-state index contributed by atoms with van der Waals surface area (Å²) in [4.78, 5) is 50.4. The van der Waals surface area contributed by atoms with E-state index >= 15 is 0 Å². The van der Waals surface area contributed by atoms with Gasteiger partial charge in [0, 0.05) is 30.6 Å². The minimum atomic E-state index is -1.32. The predicted octanol–water partition coefficient (Wildman–Crippen LogP) is 4.42. The number of likely N-dealkylation sites (N-methyl/N-ethyl adjacent to an activating group) is 2. The summed E-state index contributed by atoms with van der Waals surface area (Å²) in [5, 5.41) is 22.7. The van der Waals surface area contributed by atoms with Crippen LogP contribution in [-0.2, 0) is 31.0 Å². The number of amides is 3. The van der Waals surface area contributed by atoms with Crippen molar-refractivity contribution in [1.82, 2.24) is 9.80 Å². The Balaban J connectivity index is 0.000000280. The number of anilines is 2. The monoisotopic (exact) mass is 658 g/mol. The number of nitrogens with one attached hydrogen (secondary N) is 2. The van der Waals surface area contributed by atoms with E-state index in [0.29, 0.717) is 12.1 Å². The Morgan fingerprint density at radius 3 is 1.98 bits per heavy atom. The van der Waals surface area contributed by atoms with Gasteiger partial charge in [-0.1, -0.05) is 13.0 Å². The number of phenolic OH excluding ortho intramolecular Hbond substituents is 1. The van der Waals surface area contributed by atoms with Crippen molar-refractivity contribution in [2.75, 3.05) is 31.3 Å². The van der Waals surface area contributed by atoms with Crippen molar-refractivity contribution in [1.29, 1.82) is 0 Å². The second-order valence-corrected chi connectivity index (χ2v) is 11.8. The zero-order valence-electron chi connectivity index (χ0n) is 25.8. The van der Waals surface area contributed by atoms with Gasteiger partial charge in [0.05, 0.1) is 17.4 Å². The van der Waals surface area contributed by atoms with Crippen molar-refractivity contribution in [3.8, 4) is 5.75 Å². The fourth-order valence-electron chi connectivity index (χ4n) is 6.26. The number of halogens is 4. The third-order valence-electron chi connectivity index (χ3n) is 8.55. The number of nitrogens with zero attached hydrogens (tertiary/aromatic N) is 2. The van der Waals surface area contributed by atoms with Gasteiger partial charge in [-0.05, 0) is 74.0 Å². The van der Waals surface area contributed by atoms with Crippen molar-refractivity contribution >= 4 is 35.1 Å². The molecule has 1 heterocycles. The van der Waals surface area contributed by atoms with Crippen LogP contribution < -0.4 is 10.6 Å². The molecule has 1 fully saturated rings. The molecule has 3 amide bonds. The molecule has 1 saturated heterocycles. The summed E-state index contributed by atoms with van der Waals surface area (Å²) in [6.45, 7) is 2.96. The number of carbonyl (C=O) groups excluding carboxylic acids is 3. The Hall–Kier alpha value is -4.98. The molecule has 14 heteroatoms. The molecule has 2 bridgehead atoms. The minimum Gasteiger partial charge on any atom is -0.508 e. The van der Waals surface area contributed by atoms with Crippen LogP contribution in [0, 0.1) is 23.3 Å². The van der Waals surface area contributed by atoms with E-state index in [1.807, 2.05) is 18.4 Å². The fourth-order valence-corrected chi connectivity index (χ4v) is 6.26. The molecule has 10 nitrogen and oxygen atoms in total. The molecule has 0 aromatic heterocycles. The number of piperidine rings is 1. The first kappa shape index (κ1) is 34.9. The maximum Gasteiger partial charge on any atom is 0.312 e. The number of aliphatic carboxylic acids is 1. The van der Waals surface area contributed by atoms with Gasteiger partial charge < -0.3 is 30.6 Å². The summed E-state index contributed by atoms with van der Waals surface area (Å²) in [7, 11) is 3.72. The van der Waals surface area contributed by atoms with Crippen LogP contribution in [0.3, 0.4) is 0 Å². The van der Waals surface area contributed by atoms with Crippen LogP contribution in [0.4, 0.5) is 28.9 Å². The van der Waals surface area contributed by atoms with Crippen LogP contribution in [-0.4, -0.2) is 76.4 Å². The van der Waals surface area contributed by atoms with Crippen molar-refractivity contribution < 1.29 is 47.0 Å². The number of likely N-dealkylation sites (tertiary alicyclic amines) is 1. The Bertz CT molecular complexity index is 1710. The highest BCUT2D eigenvalue weighted by atomic mass is 19.1. The van der Waals surface area contributed by atoms with E-state index in [9.17, 15) is 41.8 Å². The SMILES string of the molecule is CN1CC[C@]2(C)c3cc(O)ccc3C[C@@H]1[C@@H]2N(C)C(=O)CC(=O)Nc1ccc(F)cc1F.O=C(O)CC(=O)Nc1ccc(F)cc1F. The number of carboxylic acids is 1. The van der Waals surface area contributed by atoms with Crippen LogP contribution in [0.5, 0.6) is 5.75 Å². The summed E-state index contributed by atoms with van der Waals surface area (Å²) in [6.07, 6.45) is 0.308. The van der Waals surface area contributed by atoms with E-state index in [1.165, 1.54) is 0 Å². The second kappa shape index (κ2) is 14.2. The highest BCUT2D eigenvalue weighted by Crippen LogP contribution is 2.47. The average molecular weight is 659 g/mol. The molecule has 2 aliphatic rings. The molecule has 0 spiro atoms. The minimum absolute atomic E-state index is 0.0670. The molecule has 0 unspecified atom stereocenters. The molecule has 3 aromatic carbocycles. The molecular formula is C33H34F4N4O6. The zero-order valence-corrected chi connectivity index (χ0v) is 25.8. The lowest BCUT2D eigenvalue weighted by Gasteiger charge is -2.57. The van der Waals surface area contributed by atoms with Gasteiger partial charge in [0.15, 0.2) is 0 Å². The number of hydrogen-bond acceptors (Lipinski definition) is 6. The van der Waals surface area contributed by atoms with Gasteiger partial charge in [-0.2, -0.15) is 0 Å². The van der Waals surface area contributed by atoms with Crippen LogP contribution in [0.2, 0.25) is 0 Å². The standard InChI is InChI=1S/C24H27F2N3O3.C9H7F2NO3/c1-24-8-9-28(2)20(10-14-4-6-16(30)12-17(14)24)23(24)29(3)22(32)13-21(31)27-19-7-5-15(25)11-18(19)26;10-5-1-2-7(6(11)3-5)12-8(13)4-9(14)15/h4-7,11-12,20,23,30H,8-10,13H2,1-3H3,(H,27,31);1-3H,4H2,(H,12,13)(H,14,15)/t20-,23+,24-;/m1./s1. The largest absolute Gasteiger partial charge is 0.508 e. The summed E-state index contributed by atoms with van der Waals surface area (Å²) >= 11 is 0. The zero-order chi connectivity index (χ0) is 34.6. The van der Waals surface area contributed by atoms with Gasteiger partial charge in [-0.25, -0.2) is 17.6 Å². The van der Waals surface area contributed by atoms with Gasteiger partial charge in [0.1, 0.15) is 41.9 Å². The molecule has 1 aliphatic carbocycles. The van der Waals surface area contributed by atoms with Crippen molar-refractivity contribution in [2.45, 2.75) is 50.1 Å². The Labute approximate surface area is 268 Å². The molecule has 250 valence electrons. The average Bonchev–Trinajstić information content (AvgIpc) is 2.98. The Kier molecular flexibility index (Phi) is 10.5. The van der Waals surface area contributed by atoms with Gasteiger partial charge in [-0.15, -0.1) is 0 Å². The maximum absolute atomic E-state index is 13.8. The van der Waals surface area contributed by atoms with Crippen LogP contribution in [0.25, 0.3) is 0 Å². The second-order valence-electron chi connectivity index (χ2n) is 11.8. The Morgan fingerprint density at radius 1 is 0.894 bits per heavy atom. The van der Waals surface area contributed by atoms with Gasteiger partial charge in [0.2, 0.25) is 17.7 Å². The van der Waals surface area contributed by atoms with Gasteiger partial charge in [-0.3, -0.25) is 19.2 Å². The third kappa shape index (κ3) is 8.06. The summed E-state index contributed by atoms with van der Waals surface area (Å²) in [5.41, 5.74) is 1.39. The number of carbonyl (C=O) groups is 4. The first-order valence-electron chi connectivity index (χ1n) is 14.6. The first-order valence-corrected chi connectivity index (χ1v) is 14.6. The molecule has 47 heavy (non-hydrogen) atoms. The van der Waals surface area contributed by atoms with Crippen molar-refractivity contribution in [3.05, 3.63) is 89.0 Å². The van der Waals surface area contributed by atoms with Crippen LogP contribution >= 0.6 is 0 Å². The van der Waals surface area contributed by atoms with E-state index in [0.717, 1.165) is 54.8 Å². The molecule has 0 radical (unpaired) electrons. The number of benzene rings is 3. The van der Waals surface area contributed by atoms with E-state index in [4.69, 9.17) is 5.11 Å². The number of fused-ring (bicyclic) bond motifs is 4. The Morgan fingerprint density at radius 2 is 1.45 bits per heavy atom. The molecule has 0 saturated carbocycles. The number of phenols is 1. The number of hydrogen-bond donors (Lipinski definition) is 4. The summed E-state index contributed by atoms with van der Waals surface area (Å²) in [5.74, 6) is -6.42. The van der Waals surface area contributed by atoms with E-state index in [-0.39, 0.29) is 40.5 Å². The lowest BCUT2D eigenvalue weighted by molar-refractivity contribution is -0.141. The van der Waals surface area contributed by atoms with Crippen LogP contribution in [0.1, 0.15) is 37.3 Å². The molecule has 5 rings (SSSR count). The number of carboxylic acid groups (broad SMARTS) is 1. The lowest BCUT2D eigenvalue weighted by atomic mass is 9.61. The third-order valence-corrected chi connectivity index (χ3v) is 8.55.